The van der Waals surface area contributed by atoms with E-state index in [1.165, 1.54) is 53.6 Å². The average molecular weight is 606 g/mol. The van der Waals surface area contributed by atoms with Crippen molar-refractivity contribution < 1.29 is 4.74 Å². The number of rotatable bonds is 3. The first-order chi connectivity index (χ1) is 22.8. The van der Waals surface area contributed by atoms with E-state index in [4.69, 9.17) is 4.74 Å². The molecule has 0 fully saturated rings. The third kappa shape index (κ3) is 3.41. The minimum Gasteiger partial charge on any atom is -0.456 e. The lowest BCUT2D eigenvalue weighted by Crippen LogP contribution is -2.32. The molecule has 8 aromatic rings. The molecule has 0 radical (unpaired) electrons. The fraction of sp³-hybridized carbons (Fsp3) is 0.0233. The molecule has 2 aliphatic rings. The van der Waals surface area contributed by atoms with Crippen LogP contribution in [0, 0.1) is 0 Å². The summed E-state index contributed by atoms with van der Waals surface area (Å²) in [6.45, 7) is 0. The number of hydrogen-bond acceptors (Lipinski definition) is 3. The molecule has 2 nitrogen and oxygen atoms in total. The second-order valence-corrected chi connectivity index (χ2v) is 13.1. The van der Waals surface area contributed by atoms with Crippen molar-refractivity contribution in [2.45, 2.75) is 5.41 Å². The lowest BCUT2D eigenvalue weighted by Gasteiger charge is -2.39. The predicted molar refractivity (Wildman–Crippen MR) is 191 cm³/mol. The number of benzene rings is 7. The molecule has 0 unspecified atom stereocenters. The van der Waals surface area contributed by atoms with Gasteiger partial charge in [0.2, 0.25) is 0 Å². The maximum atomic E-state index is 6.99. The van der Waals surface area contributed by atoms with E-state index in [-0.39, 0.29) is 0 Å². The number of nitrogens with zero attached hydrogens (tertiary/aromatic N) is 1. The first-order valence-corrected chi connectivity index (χ1v) is 16.5. The highest BCUT2D eigenvalue weighted by atomic mass is 32.1. The minimum absolute atomic E-state index is 0.461. The van der Waals surface area contributed by atoms with Crippen LogP contribution in [-0.4, -0.2) is 0 Å². The van der Waals surface area contributed by atoms with Crippen molar-refractivity contribution in [1.29, 1.82) is 0 Å². The number of fused-ring (bicyclic) bond motifs is 13. The summed E-state index contributed by atoms with van der Waals surface area (Å²) in [5.41, 5.74) is 10.6. The second-order valence-electron chi connectivity index (χ2n) is 12.0. The number of ether oxygens (including phenoxy) is 1. The van der Waals surface area contributed by atoms with Crippen molar-refractivity contribution in [2.75, 3.05) is 4.90 Å². The maximum Gasteiger partial charge on any atom is 0.141 e. The van der Waals surface area contributed by atoms with Crippen LogP contribution in [0.2, 0.25) is 0 Å². The number of thiophene rings is 1. The summed E-state index contributed by atoms with van der Waals surface area (Å²) < 4.78 is 9.45. The van der Waals surface area contributed by atoms with Crippen LogP contribution >= 0.6 is 11.3 Å². The van der Waals surface area contributed by atoms with Gasteiger partial charge in [-0.1, -0.05) is 115 Å². The SMILES string of the molecule is c1ccc(N(c2ccccc2)c2ccc3c(c2)sc2ccc4c(c23)Oc2ccccc2C42c3ccccc3-c3ccccc32)cc1. The van der Waals surface area contributed by atoms with Crippen molar-refractivity contribution in [2.24, 2.45) is 0 Å². The highest BCUT2D eigenvalue weighted by Gasteiger charge is 2.51. The van der Waals surface area contributed by atoms with Crippen LogP contribution in [0.1, 0.15) is 22.3 Å². The molecule has 1 aromatic heterocycles. The molecule has 7 aromatic carbocycles. The third-order valence-corrected chi connectivity index (χ3v) is 10.8. The average Bonchev–Trinajstić information content (AvgIpc) is 3.64. The topological polar surface area (TPSA) is 12.5 Å². The van der Waals surface area contributed by atoms with Crippen molar-refractivity contribution in [3.05, 3.63) is 186 Å². The van der Waals surface area contributed by atoms with Gasteiger partial charge < -0.3 is 9.64 Å². The Morgan fingerprint density at radius 2 is 1.04 bits per heavy atom. The Kier molecular flexibility index (Phi) is 5.40. The van der Waals surface area contributed by atoms with Crippen LogP contribution in [-0.2, 0) is 5.41 Å². The van der Waals surface area contributed by atoms with E-state index in [1.54, 1.807) is 0 Å². The molecular weight excluding hydrogens is 579 g/mol. The lowest BCUT2D eigenvalue weighted by atomic mass is 9.66. The molecule has 0 N–H and O–H groups in total. The summed E-state index contributed by atoms with van der Waals surface area (Å²) in [4.78, 5) is 2.33. The zero-order chi connectivity index (χ0) is 30.2. The summed E-state index contributed by atoms with van der Waals surface area (Å²) >= 11 is 1.83. The molecule has 0 bridgehead atoms. The Balaban J connectivity index is 1.24. The quantitative estimate of drug-likeness (QED) is 0.199. The first kappa shape index (κ1) is 25.7. The van der Waals surface area contributed by atoms with Gasteiger partial charge in [0.25, 0.3) is 0 Å². The molecule has 1 aliphatic heterocycles. The molecule has 0 saturated heterocycles. The highest BCUT2D eigenvalue weighted by Crippen LogP contribution is 2.63. The first-order valence-electron chi connectivity index (χ1n) is 15.7. The van der Waals surface area contributed by atoms with Crippen LogP contribution in [0.25, 0.3) is 31.3 Å². The summed E-state index contributed by atoms with van der Waals surface area (Å²) in [6, 6.07) is 59.1. The van der Waals surface area contributed by atoms with Gasteiger partial charge in [-0.25, -0.2) is 0 Å². The van der Waals surface area contributed by atoms with Gasteiger partial charge in [-0.05, 0) is 70.8 Å². The minimum atomic E-state index is -0.461. The molecule has 46 heavy (non-hydrogen) atoms. The van der Waals surface area contributed by atoms with Crippen LogP contribution in [0.15, 0.2) is 164 Å². The molecule has 1 aliphatic carbocycles. The maximum absolute atomic E-state index is 6.99. The van der Waals surface area contributed by atoms with Crippen molar-refractivity contribution >= 4 is 48.6 Å². The fourth-order valence-corrected chi connectivity index (χ4v) is 9.04. The number of hydrogen-bond donors (Lipinski definition) is 0. The molecule has 10 rings (SSSR count). The molecule has 0 amide bonds. The van der Waals surface area contributed by atoms with E-state index >= 15 is 0 Å². The van der Waals surface area contributed by atoms with Gasteiger partial charge in [-0.15, -0.1) is 11.3 Å². The smallest absolute Gasteiger partial charge is 0.141 e. The molecule has 0 atom stereocenters. The summed E-state index contributed by atoms with van der Waals surface area (Å²) in [6.07, 6.45) is 0. The van der Waals surface area contributed by atoms with E-state index in [1.807, 2.05) is 11.3 Å². The lowest BCUT2D eigenvalue weighted by molar-refractivity contribution is 0.442. The van der Waals surface area contributed by atoms with Gasteiger partial charge >= 0.3 is 0 Å². The van der Waals surface area contributed by atoms with E-state index in [0.717, 1.165) is 28.6 Å². The van der Waals surface area contributed by atoms with Crippen LogP contribution in [0.4, 0.5) is 17.1 Å². The van der Waals surface area contributed by atoms with Crippen LogP contribution < -0.4 is 9.64 Å². The van der Waals surface area contributed by atoms with Crippen LogP contribution in [0.5, 0.6) is 11.5 Å². The Labute approximate surface area is 271 Å². The van der Waals surface area contributed by atoms with E-state index in [0.29, 0.717) is 0 Å². The largest absolute Gasteiger partial charge is 0.456 e. The van der Waals surface area contributed by atoms with Gasteiger partial charge in [-0.2, -0.15) is 0 Å². The van der Waals surface area contributed by atoms with Gasteiger partial charge in [0.15, 0.2) is 0 Å². The highest BCUT2D eigenvalue weighted by molar-refractivity contribution is 7.26. The molecule has 216 valence electrons. The monoisotopic (exact) mass is 605 g/mol. The summed E-state index contributed by atoms with van der Waals surface area (Å²) in [7, 11) is 0. The van der Waals surface area contributed by atoms with Gasteiger partial charge in [0.05, 0.1) is 5.41 Å². The van der Waals surface area contributed by atoms with E-state index in [2.05, 4.69) is 169 Å². The second kappa shape index (κ2) is 9.68. The Hall–Kier alpha value is -5.64. The Morgan fingerprint density at radius 3 is 1.72 bits per heavy atom. The van der Waals surface area contributed by atoms with E-state index in [9.17, 15) is 0 Å². The molecule has 2 heterocycles. The van der Waals surface area contributed by atoms with Gasteiger partial charge in [0.1, 0.15) is 11.5 Å². The van der Waals surface area contributed by atoms with Crippen molar-refractivity contribution in [1.82, 2.24) is 0 Å². The molecule has 0 saturated carbocycles. The molecule has 1 spiro atoms. The third-order valence-electron chi connectivity index (χ3n) is 9.72. The zero-order valence-corrected chi connectivity index (χ0v) is 25.7. The Morgan fingerprint density at radius 1 is 0.457 bits per heavy atom. The van der Waals surface area contributed by atoms with Crippen molar-refractivity contribution in [3.63, 3.8) is 0 Å². The molecule has 3 heteroatoms. The standard InChI is InChI=1S/C43H27NOS/c1-3-13-28(14-4-1)44(29-15-5-2-6-16-29)30-23-24-33-40(27-30)46-39-26-25-37-42(41(33)39)45-38-22-12-11-21-36(38)43(37)34-19-9-7-17-31(34)32-18-8-10-20-35(32)43/h1-27H. The van der Waals surface area contributed by atoms with Gasteiger partial charge in [-0.3, -0.25) is 0 Å². The summed E-state index contributed by atoms with van der Waals surface area (Å²) in [5.74, 6) is 1.88. The number of anilines is 3. The fourth-order valence-electron chi connectivity index (χ4n) is 7.90. The van der Waals surface area contributed by atoms with Crippen molar-refractivity contribution in [3.8, 4) is 22.6 Å². The zero-order valence-electron chi connectivity index (χ0n) is 24.9. The Bertz CT molecular complexity index is 2380. The normalized spacial score (nSPS) is 13.6. The number of para-hydroxylation sites is 3. The predicted octanol–water partition coefficient (Wildman–Crippen LogP) is 12.0. The van der Waals surface area contributed by atoms with Crippen LogP contribution in [0.3, 0.4) is 0 Å². The van der Waals surface area contributed by atoms with Gasteiger partial charge in [0, 0.05) is 48.4 Å². The summed E-state index contributed by atoms with van der Waals surface area (Å²) in [5, 5.41) is 2.40. The molecular formula is C43H27NOS. The van der Waals surface area contributed by atoms with E-state index < -0.39 is 5.41 Å².